The van der Waals surface area contributed by atoms with E-state index in [2.05, 4.69) is 17.5 Å². The maximum Gasteiger partial charge on any atom is 0.228 e. The van der Waals surface area contributed by atoms with Gasteiger partial charge in [0.1, 0.15) is 0 Å². The number of rotatable bonds is 2. The van der Waals surface area contributed by atoms with E-state index in [1.165, 1.54) is 25.7 Å². The quantitative estimate of drug-likeness (QED) is 0.797. The average molecular weight is 255 g/mol. The lowest BCUT2D eigenvalue weighted by molar-refractivity contribution is -0.117. The number of carbonyl (C=O) groups excluding carboxylic acids is 1. The first-order chi connectivity index (χ1) is 9.27. The molecular weight excluding hydrogens is 234 g/mol. The summed E-state index contributed by atoms with van der Waals surface area (Å²) in [6.07, 6.45) is 9.45. The summed E-state index contributed by atoms with van der Waals surface area (Å²) in [6.45, 7) is 2.03. The lowest BCUT2D eigenvalue weighted by atomic mass is 10.1. The summed E-state index contributed by atoms with van der Waals surface area (Å²) < 4.78 is 0. The topological polar surface area (TPSA) is 29.1 Å². The number of amides is 1. The van der Waals surface area contributed by atoms with Gasteiger partial charge in [0.05, 0.1) is 0 Å². The molecule has 0 saturated heterocycles. The Bertz CT molecular complexity index is 506. The molecule has 1 amide bonds. The Balaban J connectivity index is 1.67. The van der Waals surface area contributed by atoms with Crippen molar-refractivity contribution in [3.8, 4) is 0 Å². The van der Waals surface area contributed by atoms with Crippen molar-refractivity contribution in [3.05, 3.63) is 42.0 Å². The third-order valence-corrected chi connectivity index (χ3v) is 4.45. The van der Waals surface area contributed by atoms with Gasteiger partial charge in [-0.05, 0) is 49.7 Å². The van der Waals surface area contributed by atoms with Gasteiger partial charge in [-0.1, -0.05) is 36.8 Å². The molecule has 0 heterocycles. The summed E-state index contributed by atoms with van der Waals surface area (Å²) in [4.78, 5) is 12.4. The van der Waals surface area contributed by atoms with Crippen LogP contribution in [0, 0.1) is 24.7 Å². The standard InChI is InChI=1S/C17H21NO/c1-12-8-6-7-11-15(12)18-17(19)16-13-9-4-2-3-5-10-14(13)16/h4,6-9,11,13-14,16H,2-3,5,10H2,1H3,(H,18,19)/t13-,14-,16+/m0/s1. The van der Waals surface area contributed by atoms with Crippen LogP contribution >= 0.6 is 0 Å². The molecule has 0 radical (unpaired) electrons. The van der Waals surface area contributed by atoms with E-state index in [4.69, 9.17) is 0 Å². The van der Waals surface area contributed by atoms with Gasteiger partial charge in [0.25, 0.3) is 0 Å². The predicted octanol–water partition coefficient (Wildman–Crippen LogP) is 3.93. The maximum absolute atomic E-state index is 12.4. The second kappa shape index (κ2) is 5.20. The second-order valence-corrected chi connectivity index (χ2v) is 5.78. The van der Waals surface area contributed by atoms with Crippen molar-refractivity contribution < 1.29 is 4.79 Å². The molecule has 1 N–H and O–H groups in total. The van der Waals surface area contributed by atoms with Gasteiger partial charge in [0, 0.05) is 11.6 Å². The number of anilines is 1. The van der Waals surface area contributed by atoms with Crippen LogP contribution < -0.4 is 5.32 Å². The van der Waals surface area contributed by atoms with E-state index in [1.807, 2.05) is 31.2 Å². The van der Waals surface area contributed by atoms with Crippen molar-refractivity contribution in [1.82, 2.24) is 0 Å². The van der Waals surface area contributed by atoms with E-state index < -0.39 is 0 Å². The van der Waals surface area contributed by atoms with Gasteiger partial charge >= 0.3 is 0 Å². The Hall–Kier alpha value is -1.57. The molecule has 0 aliphatic heterocycles. The van der Waals surface area contributed by atoms with E-state index in [0.29, 0.717) is 11.8 Å². The zero-order valence-electron chi connectivity index (χ0n) is 11.4. The molecule has 2 aliphatic carbocycles. The zero-order valence-corrected chi connectivity index (χ0v) is 11.4. The SMILES string of the molecule is Cc1ccccc1NC(=O)[C@@H]1[C@H]2C=CCCCC[C@@H]21. The third kappa shape index (κ3) is 2.58. The molecule has 0 unspecified atom stereocenters. The van der Waals surface area contributed by atoms with Crippen LogP contribution in [0.25, 0.3) is 0 Å². The Morgan fingerprint density at radius 3 is 2.95 bits per heavy atom. The minimum atomic E-state index is 0.203. The normalized spacial score (nSPS) is 29.0. The molecular formula is C17H21NO. The largest absolute Gasteiger partial charge is 0.326 e. The minimum absolute atomic E-state index is 0.203. The molecule has 1 saturated carbocycles. The number of benzene rings is 1. The highest BCUT2D eigenvalue weighted by atomic mass is 16.2. The molecule has 100 valence electrons. The van der Waals surface area contributed by atoms with Gasteiger partial charge in [-0.3, -0.25) is 4.79 Å². The maximum atomic E-state index is 12.4. The molecule has 0 bridgehead atoms. The molecule has 0 aromatic heterocycles. The van der Waals surface area contributed by atoms with Gasteiger partial charge in [-0.15, -0.1) is 0 Å². The van der Waals surface area contributed by atoms with E-state index in [1.54, 1.807) is 0 Å². The van der Waals surface area contributed by atoms with Crippen LogP contribution in [0.4, 0.5) is 5.69 Å². The van der Waals surface area contributed by atoms with E-state index in [-0.39, 0.29) is 11.8 Å². The third-order valence-electron chi connectivity index (χ3n) is 4.45. The molecule has 19 heavy (non-hydrogen) atoms. The highest BCUT2D eigenvalue weighted by molar-refractivity contribution is 5.95. The number of hydrogen-bond acceptors (Lipinski definition) is 1. The van der Waals surface area contributed by atoms with Gasteiger partial charge < -0.3 is 5.32 Å². The number of fused-ring (bicyclic) bond motifs is 1. The lowest BCUT2D eigenvalue weighted by Gasteiger charge is -2.07. The average Bonchev–Trinajstić information content (AvgIpc) is 3.03. The molecule has 2 nitrogen and oxygen atoms in total. The van der Waals surface area contributed by atoms with E-state index in [0.717, 1.165) is 11.3 Å². The minimum Gasteiger partial charge on any atom is -0.326 e. The lowest BCUT2D eigenvalue weighted by Crippen LogP contribution is -2.16. The smallest absolute Gasteiger partial charge is 0.228 e. The van der Waals surface area contributed by atoms with Crippen molar-refractivity contribution in [2.24, 2.45) is 17.8 Å². The molecule has 2 heteroatoms. The summed E-state index contributed by atoms with van der Waals surface area (Å²) in [5.41, 5.74) is 2.08. The predicted molar refractivity (Wildman–Crippen MR) is 77.9 cm³/mol. The Labute approximate surface area is 114 Å². The van der Waals surface area contributed by atoms with Gasteiger partial charge in [-0.2, -0.15) is 0 Å². The highest BCUT2D eigenvalue weighted by Crippen LogP contribution is 2.51. The van der Waals surface area contributed by atoms with Crippen molar-refractivity contribution in [3.63, 3.8) is 0 Å². The molecule has 3 rings (SSSR count). The first kappa shape index (κ1) is 12.5. The van der Waals surface area contributed by atoms with Gasteiger partial charge in [0.2, 0.25) is 5.91 Å². The van der Waals surface area contributed by atoms with E-state index in [9.17, 15) is 4.79 Å². The van der Waals surface area contributed by atoms with Gasteiger partial charge in [0.15, 0.2) is 0 Å². The Kier molecular flexibility index (Phi) is 3.41. The summed E-state index contributed by atoms with van der Waals surface area (Å²) in [5.74, 6) is 1.48. The van der Waals surface area contributed by atoms with E-state index >= 15 is 0 Å². The summed E-state index contributed by atoms with van der Waals surface area (Å²) in [6, 6.07) is 7.98. The molecule has 1 aromatic carbocycles. The van der Waals surface area contributed by atoms with Crippen LogP contribution in [0.1, 0.15) is 31.2 Å². The van der Waals surface area contributed by atoms with Crippen LogP contribution in [0.15, 0.2) is 36.4 Å². The van der Waals surface area contributed by atoms with Crippen LogP contribution in [-0.2, 0) is 4.79 Å². The van der Waals surface area contributed by atoms with Crippen LogP contribution in [-0.4, -0.2) is 5.91 Å². The van der Waals surface area contributed by atoms with Crippen LogP contribution in [0.3, 0.4) is 0 Å². The summed E-state index contributed by atoms with van der Waals surface area (Å²) >= 11 is 0. The Morgan fingerprint density at radius 2 is 2.11 bits per heavy atom. The fourth-order valence-corrected chi connectivity index (χ4v) is 3.23. The van der Waals surface area contributed by atoms with Crippen molar-refractivity contribution in [2.45, 2.75) is 32.6 Å². The molecule has 3 atom stereocenters. The Morgan fingerprint density at radius 1 is 1.26 bits per heavy atom. The fourth-order valence-electron chi connectivity index (χ4n) is 3.23. The van der Waals surface area contributed by atoms with Crippen molar-refractivity contribution >= 4 is 11.6 Å². The molecule has 2 aliphatic rings. The number of nitrogens with one attached hydrogen (secondary N) is 1. The number of carbonyl (C=O) groups is 1. The monoisotopic (exact) mass is 255 g/mol. The first-order valence-electron chi connectivity index (χ1n) is 7.30. The number of para-hydroxylation sites is 1. The number of allylic oxidation sites excluding steroid dienone is 2. The number of aryl methyl sites for hydroxylation is 1. The number of hydrogen-bond donors (Lipinski definition) is 1. The van der Waals surface area contributed by atoms with Crippen LogP contribution in [0.5, 0.6) is 0 Å². The van der Waals surface area contributed by atoms with Gasteiger partial charge in [-0.25, -0.2) is 0 Å². The summed E-state index contributed by atoms with van der Waals surface area (Å²) in [7, 11) is 0. The second-order valence-electron chi connectivity index (χ2n) is 5.78. The van der Waals surface area contributed by atoms with Crippen LogP contribution in [0.2, 0.25) is 0 Å². The van der Waals surface area contributed by atoms with Crippen molar-refractivity contribution in [1.29, 1.82) is 0 Å². The van der Waals surface area contributed by atoms with Crippen molar-refractivity contribution in [2.75, 3.05) is 5.32 Å². The zero-order chi connectivity index (χ0) is 13.2. The molecule has 1 fully saturated rings. The molecule has 0 spiro atoms. The summed E-state index contributed by atoms with van der Waals surface area (Å²) in [5, 5.41) is 3.10. The first-order valence-corrected chi connectivity index (χ1v) is 7.30. The fraction of sp³-hybridized carbons (Fsp3) is 0.471. The molecule has 1 aromatic rings. The highest BCUT2D eigenvalue weighted by Gasteiger charge is 2.52.